The van der Waals surface area contributed by atoms with Crippen LogP contribution >= 0.6 is 11.6 Å². The quantitative estimate of drug-likeness (QED) is 0.830. The van der Waals surface area contributed by atoms with Crippen LogP contribution in [-0.4, -0.2) is 47.5 Å². The highest BCUT2D eigenvalue weighted by molar-refractivity contribution is 6.30. The van der Waals surface area contributed by atoms with Crippen LogP contribution in [0.1, 0.15) is 6.92 Å². The van der Waals surface area contributed by atoms with Gasteiger partial charge in [0.05, 0.1) is 0 Å². The summed E-state index contributed by atoms with van der Waals surface area (Å²) in [6, 6.07) is 7.12. The van der Waals surface area contributed by atoms with Crippen molar-refractivity contribution in [2.75, 3.05) is 31.1 Å². The number of hydrogen-bond acceptors (Lipinski definition) is 3. The molecule has 1 aliphatic heterocycles. The van der Waals surface area contributed by atoms with E-state index in [-0.39, 0.29) is 11.7 Å². The first kappa shape index (κ1) is 13.0. The van der Waals surface area contributed by atoms with Gasteiger partial charge in [0.25, 0.3) is 0 Å². The molecule has 1 amide bonds. The Morgan fingerprint density at radius 2 is 1.78 bits per heavy atom. The summed E-state index contributed by atoms with van der Waals surface area (Å²) in [5, 5.41) is 8.79. The summed E-state index contributed by atoms with van der Waals surface area (Å²) in [5.74, 6) is 0.269. The third-order valence-electron chi connectivity index (χ3n) is 3.15. The molecule has 1 aromatic carbocycles. The molecule has 0 radical (unpaired) electrons. The fourth-order valence-electron chi connectivity index (χ4n) is 2.10. The number of rotatable bonds is 2. The summed E-state index contributed by atoms with van der Waals surface area (Å²) in [6.45, 7) is 4.67. The van der Waals surface area contributed by atoms with Crippen molar-refractivity contribution in [2.45, 2.75) is 12.3 Å². The second-order valence-corrected chi connectivity index (χ2v) is 5.10. The van der Waals surface area contributed by atoms with Gasteiger partial charge in [-0.3, -0.25) is 4.79 Å². The molecule has 1 aromatic rings. The number of phenols is 1. The van der Waals surface area contributed by atoms with Crippen LogP contribution in [0.2, 0.25) is 0 Å². The molecule has 5 heteroatoms. The Labute approximate surface area is 112 Å². The van der Waals surface area contributed by atoms with E-state index in [4.69, 9.17) is 11.6 Å². The molecular weight excluding hydrogens is 252 g/mol. The summed E-state index contributed by atoms with van der Waals surface area (Å²) in [4.78, 5) is 15.7. The smallest absolute Gasteiger partial charge is 0.240 e. The predicted octanol–water partition coefficient (Wildman–Crippen LogP) is 1.67. The van der Waals surface area contributed by atoms with Crippen LogP contribution in [0.3, 0.4) is 0 Å². The van der Waals surface area contributed by atoms with Gasteiger partial charge in [0.1, 0.15) is 11.1 Å². The van der Waals surface area contributed by atoms with Crippen LogP contribution in [0.4, 0.5) is 5.69 Å². The fraction of sp³-hybridized carbons (Fsp3) is 0.462. The molecule has 0 bridgehead atoms. The van der Waals surface area contributed by atoms with Crippen molar-refractivity contribution in [3.63, 3.8) is 0 Å². The molecule has 98 valence electrons. The van der Waals surface area contributed by atoms with Gasteiger partial charge in [-0.25, -0.2) is 0 Å². The van der Waals surface area contributed by atoms with Gasteiger partial charge in [-0.05, 0) is 31.2 Å². The molecule has 0 spiro atoms. The first-order chi connectivity index (χ1) is 8.58. The van der Waals surface area contributed by atoms with E-state index >= 15 is 0 Å². The zero-order valence-electron chi connectivity index (χ0n) is 10.3. The van der Waals surface area contributed by atoms with Crippen molar-refractivity contribution in [3.05, 3.63) is 24.3 Å². The van der Waals surface area contributed by atoms with E-state index < -0.39 is 5.38 Å². The predicted molar refractivity (Wildman–Crippen MR) is 72.2 cm³/mol. The first-order valence-corrected chi connectivity index (χ1v) is 6.48. The van der Waals surface area contributed by atoms with E-state index in [1.54, 1.807) is 24.0 Å². The number of anilines is 1. The van der Waals surface area contributed by atoms with Crippen molar-refractivity contribution in [3.8, 4) is 5.75 Å². The summed E-state index contributed by atoms with van der Waals surface area (Å²) in [6.07, 6.45) is 0. The van der Waals surface area contributed by atoms with Crippen molar-refractivity contribution in [2.24, 2.45) is 0 Å². The minimum absolute atomic E-state index is 0.00187. The van der Waals surface area contributed by atoms with Gasteiger partial charge in [-0.15, -0.1) is 11.6 Å². The third-order valence-corrected chi connectivity index (χ3v) is 3.33. The van der Waals surface area contributed by atoms with Gasteiger partial charge < -0.3 is 14.9 Å². The van der Waals surface area contributed by atoms with Crippen LogP contribution in [-0.2, 0) is 4.79 Å². The van der Waals surface area contributed by atoms with Crippen LogP contribution < -0.4 is 4.90 Å². The zero-order chi connectivity index (χ0) is 13.1. The highest BCUT2D eigenvalue weighted by Gasteiger charge is 2.23. The van der Waals surface area contributed by atoms with Crippen molar-refractivity contribution in [1.29, 1.82) is 0 Å². The molecule has 2 rings (SSSR count). The number of halogens is 1. The Morgan fingerprint density at radius 1 is 1.22 bits per heavy atom. The molecule has 1 fully saturated rings. The van der Waals surface area contributed by atoms with E-state index in [9.17, 15) is 9.90 Å². The van der Waals surface area contributed by atoms with Crippen molar-refractivity contribution in [1.82, 2.24) is 4.90 Å². The van der Waals surface area contributed by atoms with Gasteiger partial charge in [0, 0.05) is 31.9 Å². The Kier molecular flexibility index (Phi) is 3.97. The Balaban J connectivity index is 1.94. The SMILES string of the molecule is CC(Cl)C(=O)N1CCN(c2ccc(O)cc2)CC1. The number of amides is 1. The van der Waals surface area contributed by atoms with Crippen LogP contribution in [0, 0.1) is 0 Å². The average molecular weight is 269 g/mol. The van der Waals surface area contributed by atoms with Gasteiger partial charge in [0.15, 0.2) is 0 Å². The van der Waals surface area contributed by atoms with Gasteiger partial charge in [-0.2, -0.15) is 0 Å². The number of phenolic OH excluding ortho intramolecular Hbond substituents is 1. The minimum Gasteiger partial charge on any atom is -0.508 e. The highest BCUT2D eigenvalue weighted by Crippen LogP contribution is 2.20. The van der Waals surface area contributed by atoms with E-state index in [2.05, 4.69) is 4.90 Å². The van der Waals surface area contributed by atoms with Crippen LogP contribution in [0.25, 0.3) is 0 Å². The molecule has 1 atom stereocenters. The first-order valence-electron chi connectivity index (χ1n) is 6.05. The summed E-state index contributed by atoms with van der Waals surface area (Å²) in [5.41, 5.74) is 1.07. The highest BCUT2D eigenvalue weighted by atomic mass is 35.5. The lowest BCUT2D eigenvalue weighted by atomic mass is 10.2. The molecule has 18 heavy (non-hydrogen) atoms. The normalized spacial score (nSPS) is 17.7. The van der Waals surface area contributed by atoms with E-state index in [0.29, 0.717) is 13.1 Å². The molecule has 0 saturated carbocycles. The average Bonchev–Trinajstić information content (AvgIpc) is 2.39. The molecule has 1 saturated heterocycles. The van der Waals surface area contributed by atoms with E-state index in [0.717, 1.165) is 18.8 Å². The largest absolute Gasteiger partial charge is 0.508 e. The van der Waals surface area contributed by atoms with E-state index in [1.807, 2.05) is 12.1 Å². The van der Waals surface area contributed by atoms with Crippen LogP contribution in [0.5, 0.6) is 5.75 Å². The summed E-state index contributed by atoms with van der Waals surface area (Å²) < 4.78 is 0. The molecule has 4 nitrogen and oxygen atoms in total. The van der Waals surface area contributed by atoms with Gasteiger partial charge >= 0.3 is 0 Å². The number of hydrogen-bond donors (Lipinski definition) is 1. The third kappa shape index (κ3) is 2.88. The summed E-state index contributed by atoms with van der Waals surface area (Å²) >= 11 is 5.80. The maximum absolute atomic E-state index is 11.7. The summed E-state index contributed by atoms with van der Waals surface area (Å²) in [7, 11) is 0. The lowest BCUT2D eigenvalue weighted by Gasteiger charge is -2.36. The second-order valence-electron chi connectivity index (χ2n) is 4.44. The Bertz CT molecular complexity index is 412. The van der Waals surface area contributed by atoms with Crippen LogP contribution in [0.15, 0.2) is 24.3 Å². The number of aromatic hydroxyl groups is 1. The lowest BCUT2D eigenvalue weighted by Crippen LogP contribution is -2.50. The minimum atomic E-state index is -0.453. The monoisotopic (exact) mass is 268 g/mol. The molecule has 0 aliphatic carbocycles. The number of carbonyl (C=O) groups excluding carboxylic acids is 1. The fourth-order valence-corrected chi connectivity index (χ4v) is 2.24. The van der Waals surface area contributed by atoms with E-state index in [1.165, 1.54) is 0 Å². The van der Waals surface area contributed by atoms with Gasteiger partial charge in [0.2, 0.25) is 5.91 Å². The Morgan fingerprint density at radius 3 is 2.28 bits per heavy atom. The molecule has 0 aromatic heterocycles. The number of alkyl halides is 1. The number of carbonyl (C=O) groups is 1. The Hall–Kier alpha value is -1.42. The maximum Gasteiger partial charge on any atom is 0.240 e. The second kappa shape index (κ2) is 5.48. The molecule has 1 N–H and O–H groups in total. The standard InChI is InChI=1S/C13H17ClN2O2/c1-10(14)13(18)16-8-6-15(7-9-16)11-2-4-12(17)5-3-11/h2-5,10,17H,6-9H2,1H3. The molecule has 1 heterocycles. The van der Waals surface area contributed by atoms with Crippen molar-refractivity contribution >= 4 is 23.2 Å². The molecule has 1 unspecified atom stereocenters. The molecule has 1 aliphatic rings. The number of benzene rings is 1. The zero-order valence-corrected chi connectivity index (χ0v) is 11.1. The maximum atomic E-state index is 11.7. The van der Waals surface area contributed by atoms with Crippen molar-refractivity contribution < 1.29 is 9.90 Å². The topological polar surface area (TPSA) is 43.8 Å². The lowest BCUT2D eigenvalue weighted by molar-refractivity contribution is -0.130. The molecular formula is C13H17ClN2O2. The number of piperazine rings is 1. The van der Waals surface area contributed by atoms with Gasteiger partial charge in [-0.1, -0.05) is 0 Å². The number of nitrogens with zero attached hydrogens (tertiary/aromatic N) is 2.